The average molecular weight is 759 g/mol. The number of amides is 4. The van der Waals surface area contributed by atoms with E-state index in [0.717, 1.165) is 5.56 Å². The van der Waals surface area contributed by atoms with Crippen LogP contribution < -0.4 is 26.6 Å². The monoisotopic (exact) mass is 758 g/mol. The van der Waals surface area contributed by atoms with Gasteiger partial charge in [0, 0.05) is 49.7 Å². The van der Waals surface area contributed by atoms with E-state index >= 15 is 0 Å². The van der Waals surface area contributed by atoms with Gasteiger partial charge in [0.15, 0.2) is 5.78 Å². The second-order valence-electron chi connectivity index (χ2n) is 14.0. The number of nitrogens with zero attached hydrogens (tertiary/aromatic N) is 3. The first-order valence-electron chi connectivity index (χ1n) is 18.2. The molecule has 0 unspecified atom stereocenters. The number of benzene rings is 1. The molecule has 0 saturated carbocycles. The Morgan fingerprint density at radius 1 is 0.868 bits per heavy atom. The minimum Gasteiger partial charge on any atom is -0.480 e. The molecule has 0 fully saturated rings. The van der Waals surface area contributed by atoms with Crippen LogP contribution in [0, 0.1) is 11.8 Å². The summed E-state index contributed by atoms with van der Waals surface area (Å²) >= 11 is 1.52. The Labute approximate surface area is 317 Å². The molecule has 0 saturated heterocycles. The van der Waals surface area contributed by atoms with Gasteiger partial charge >= 0.3 is 5.97 Å². The second-order valence-corrected chi connectivity index (χ2v) is 15.0. The van der Waals surface area contributed by atoms with Gasteiger partial charge in [-0.25, -0.2) is 9.48 Å². The summed E-state index contributed by atoms with van der Waals surface area (Å²) in [6.45, 7) is 12.3. The molecule has 0 aliphatic carbocycles. The van der Waals surface area contributed by atoms with E-state index in [1.165, 1.54) is 16.4 Å². The second kappa shape index (κ2) is 23.4. The molecular formula is C37H58N8O7S. The third-order valence-electron chi connectivity index (χ3n) is 8.42. The molecular weight excluding hydrogens is 701 g/mol. The van der Waals surface area contributed by atoms with Crippen molar-refractivity contribution in [1.82, 2.24) is 41.6 Å². The molecule has 4 amide bonds. The van der Waals surface area contributed by atoms with Gasteiger partial charge in [-0.15, -0.1) is 5.10 Å². The quantitative estimate of drug-likeness (QED) is 0.0810. The Morgan fingerprint density at radius 3 is 2.17 bits per heavy atom. The molecule has 2 rings (SSSR count). The van der Waals surface area contributed by atoms with Gasteiger partial charge in [0.25, 0.3) is 5.91 Å². The van der Waals surface area contributed by atoms with Crippen molar-refractivity contribution in [2.75, 3.05) is 18.6 Å². The van der Waals surface area contributed by atoms with Crippen LogP contribution in [0.15, 0.2) is 30.5 Å². The maximum atomic E-state index is 13.5. The number of carboxylic acid groups (broad SMARTS) is 1. The van der Waals surface area contributed by atoms with Crippen molar-refractivity contribution < 1.29 is 33.9 Å². The average Bonchev–Trinajstić information content (AvgIpc) is 3.56. The highest BCUT2D eigenvalue weighted by atomic mass is 32.2. The van der Waals surface area contributed by atoms with Gasteiger partial charge in [0.1, 0.15) is 24.7 Å². The maximum absolute atomic E-state index is 13.5. The van der Waals surface area contributed by atoms with Crippen LogP contribution in [-0.4, -0.2) is 98.2 Å². The molecule has 0 aliphatic heterocycles. The molecule has 53 heavy (non-hydrogen) atoms. The zero-order chi connectivity index (χ0) is 39.5. The van der Waals surface area contributed by atoms with Crippen LogP contribution in [0.2, 0.25) is 0 Å². The standard InChI is InChI=1S/C37H58N8O7S/c1-23(2)31(46)22-45-21-28(43-44-45)15-16-32(47)38-18-9-8-10-30(37(51)52)41-36(50)33(24(3)4)42-35(49)29(17-19-53-7)40-34(48)27-13-11-26(12-14-27)20-39-25(5)6/h11-14,21,23-25,29-30,33,39H,8-10,15-20,22H2,1-7H3,(H,38,47)(H,40,48)(H,41,50)(H,42,49)(H,51,52)/t29-,30-,33-/m0/s1. The van der Waals surface area contributed by atoms with Crippen LogP contribution in [0.1, 0.15) is 95.3 Å². The summed E-state index contributed by atoms with van der Waals surface area (Å²) in [6, 6.07) is 4.29. The van der Waals surface area contributed by atoms with Gasteiger partial charge < -0.3 is 31.7 Å². The van der Waals surface area contributed by atoms with Crippen molar-refractivity contribution >= 4 is 47.1 Å². The van der Waals surface area contributed by atoms with Crippen LogP contribution in [0.5, 0.6) is 0 Å². The molecule has 2 aromatic rings. The molecule has 0 aliphatic rings. The normalized spacial score (nSPS) is 13.0. The van der Waals surface area contributed by atoms with E-state index in [4.69, 9.17) is 0 Å². The lowest BCUT2D eigenvalue weighted by Crippen LogP contribution is -2.57. The summed E-state index contributed by atoms with van der Waals surface area (Å²) in [7, 11) is 0. The van der Waals surface area contributed by atoms with Gasteiger partial charge in [-0.1, -0.05) is 58.9 Å². The van der Waals surface area contributed by atoms with Crippen LogP contribution in [0.25, 0.3) is 0 Å². The van der Waals surface area contributed by atoms with E-state index in [9.17, 15) is 33.9 Å². The molecule has 1 aromatic carbocycles. The van der Waals surface area contributed by atoms with Gasteiger partial charge in [-0.2, -0.15) is 11.8 Å². The van der Waals surface area contributed by atoms with E-state index in [1.54, 1.807) is 32.2 Å². The summed E-state index contributed by atoms with van der Waals surface area (Å²) in [5.41, 5.74) is 2.02. The van der Waals surface area contributed by atoms with Gasteiger partial charge in [0.2, 0.25) is 17.7 Å². The van der Waals surface area contributed by atoms with E-state index in [0.29, 0.717) is 61.8 Å². The topological polar surface area (TPSA) is 214 Å². The number of nitrogens with one attached hydrogen (secondary N) is 5. The molecule has 0 spiro atoms. The van der Waals surface area contributed by atoms with E-state index in [2.05, 4.69) is 36.9 Å². The zero-order valence-corrected chi connectivity index (χ0v) is 32.9. The Kier molecular flexibility index (Phi) is 19.8. The molecule has 6 N–H and O–H groups in total. The highest BCUT2D eigenvalue weighted by molar-refractivity contribution is 7.98. The number of aromatic nitrogens is 3. The van der Waals surface area contributed by atoms with Gasteiger partial charge in [0.05, 0.1) is 5.69 Å². The van der Waals surface area contributed by atoms with Crippen LogP contribution in [0.3, 0.4) is 0 Å². The molecule has 294 valence electrons. The summed E-state index contributed by atoms with van der Waals surface area (Å²) < 4.78 is 1.46. The molecule has 1 aromatic heterocycles. The van der Waals surface area contributed by atoms with Crippen LogP contribution >= 0.6 is 11.8 Å². The SMILES string of the molecule is CSCC[C@H](NC(=O)c1ccc(CNC(C)C)cc1)C(=O)N[C@H](C(=O)N[C@@H](CCCCNC(=O)CCc1cn(CC(=O)C(C)C)nn1)C(=O)O)C(C)C. The lowest BCUT2D eigenvalue weighted by atomic mass is 10.0. The number of aliphatic carboxylic acids is 1. The fourth-order valence-corrected chi connectivity index (χ4v) is 5.53. The van der Waals surface area contributed by atoms with Crippen molar-refractivity contribution in [3.05, 3.63) is 47.3 Å². The number of carbonyl (C=O) groups excluding carboxylic acids is 5. The summed E-state index contributed by atoms with van der Waals surface area (Å²) in [4.78, 5) is 76.2. The predicted octanol–water partition coefficient (Wildman–Crippen LogP) is 2.48. The van der Waals surface area contributed by atoms with E-state index in [-0.39, 0.29) is 42.9 Å². The summed E-state index contributed by atoms with van der Waals surface area (Å²) in [5.74, 6) is -2.86. The van der Waals surface area contributed by atoms with Crippen LogP contribution in [-0.2, 0) is 43.5 Å². The summed E-state index contributed by atoms with van der Waals surface area (Å²) in [5, 5.41) is 32.0. The lowest BCUT2D eigenvalue weighted by Gasteiger charge is -2.26. The number of carboxylic acids is 1. The molecule has 0 bridgehead atoms. The first-order chi connectivity index (χ1) is 25.1. The Bertz CT molecular complexity index is 1500. The van der Waals surface area contributed by atoms with E-state index in [1.807, 2.05) is 46.1 Å². The predicted molar refractivity (Wildman–Crippen MR) is 204 cm³/mol. The number of unbranched alkanes of at least 4 members (excludes halogenated alkanes) is 1. The zero-order valence-electron chi connectivity index (χ0n) is 32.1. The number of rotatable bonds is 25. The Hall–Kier alpha value is -4.31. The highest BCUT2D eigenvalue weighted by Crippen LogP contribution is 2.11. The highest BCUT2D eigenvalue weighted by Gasteiger charge is 2.31. The van der Waals surface area contributed by atoms with Crippen molar-refractivity contribution in [2.24, 2.45) is 11.8 Å². The molecule has 3 atom stereocenters. The first-order valence-corrected chi connectivity index (χ1v) is 19.6. The third-order valence-corrected chi connectivity index (χ3v) is 9.07. The van der Waals surface area contributed by atoms with Gasteiger partial charge in [-0.05, 0) is 61.3 Å². The largest absolute Gasteiger partial charge is 0.480 e. The fourth-order valence-electron chi connectivity index (χ4n) is 5.05. The molecule has 16 heteroatoms. The number of hydrogen-bond donors (Lipinski definition) is 6. The number of thioether (sulfide) groups is 1. The third kappa shape index (κ3) is 16.9. The van der Waals surface area contributed by atoms with Crippen molar-refractivity contribution in [1.29, 1.82) is 0 Å². The number of carbonyl (C=O) groups is 6. The number of Topliss-reactive ketones (excluding diaryl/α,β-unsaturated/α-hetero) is 1. The molecule has 1 heterocycles. The Morgan fingerprint density at radius 2 is 1.57 bits per heavy atom. The Balaban J connectivity index is 1.87. The minimum absolute atomic E-state index is 0.0383. The first kappa shape index (κ1) is 44.8. The van der Waals surface area contributed by atoms with E-state index < -0.39 is 41.8 Å². The number of aryl methyl sites for hydroxylation is 1. The number of hydrogen-bond acceptors (Lipinski definition) is 10. The maximum Gasteiger partial charge on any atom is 0.326 e. The van der Waals surface area contributed by atoms with Crippen molar-refractivity contribution in [3.63, 3.8) is 0 Å². The number of ketones is 1. The fraction of sp³-hybridized carbons (Fsp3) is 0.622. The van der Waals surface area contributed by atoms with Crippen molar-refractivity contribution in [3.8, 4) is 0 Å². The minimum atomic E-state index is -1.21. The summed E-state index contributed by atoms with van der Waals surface area (Å²) in [6.07, 6.45) is 5.42. The molecule has 15 nitrogen and oxygen atoms in total. The lowest BCUT2D eigenvalue weighted by molar-refractivity contribution is -0.142. The smallest absolute Gasteiger partial charge is 0.326 e. The van der Waals surface area contributed by atoms with Crippen molar-refractivity contribution in [2.45, 2.75) is 117 Å². The van der Waals surface area contributed by atoms with Crippen LogP contribution in [0.4, 0.5) is 0 Å². The molecule has 0 radical (unpaired) electrons. The van der Waals surface area contributed by atoms with Gasteiger partial charge in [-0.3, -0.25) is 24.0 Å².